The molecular formula is C11H21N. The fourth-order valence-corrected chi connectivity index (χ4v) is 1.42. The third kappa shape index (κ3) is 4.41. The topological polar surface area (TPSA) is 3.24 Å². The number of hydrogen-bond acceptors (Lipinski definition) is 1. The van der Waals surface area contributed by atoms with Crippen LogP contribution in [0.4, 0.5) is 0 Å². The Balaban J connectivity index is 3.85. The first kappa shape index (κ1) is 11.5. The molecule has 0 saturated carbocycles. The standard InChI is InChI=1S/C11H21N/c1-6-7-8-9-12(10(2)3)11(4)5/h10-11H,8-9H2,1-5H3. The van der Waals surface area contributed by atoms with Crippen molar-refractivity contribution in [2.45, 2.75) is 53.1 Å². The lowest BCUT2D eigenvalue weighted by Crippen LogP contribution is -2.37. The van der Waals surface area contributed by atoms with Crippen LogP contribution in [0.25, 0.3) is 0 Å². The van der Waals surface area contributed by atoms with Crippen molar-refractivity contribution in [2.24, 2.45) is 0 Å². The first-order valence-electron chi connectivity index (χ1n) is 4.75. The van der Waals surface area contributed by atoms with E-state index in [0.29, 0.717) is 12.1 Å². The van der Waals surface area contributed by atoms with Gasteiger partial charge in [-0.05, 0) is 34.6 Å². The molecule has 1 heteroatoms. The van der Waals surface area contributed by atoms with Crippen molar-refractivity contribution < 1.29 is 0 Å². The molecule has 0 bridgehead atoms. The van der Waals surface area contributed by atoms with E-state index < -0.39 is 0 Å². The van der Waals surface area contributed by atoms with Gasteiger partial charge in [-0.1, -0.05) is 0 Å². The molecule has 0 aliphatic carbocycles. The Labute approximate surface area is 77.1 Å². The van der Waals surface area contributed by atoms with Crippen LogP contribution in [-0.4, -0.2) is 23.5 Å². The zero-order chi connectivity index (χ0) is 9.56. The fraction of sp³-hybridized carbons (Fsp3) is 0.818. The van der Waals surface area contributed by atoms with Crippen LogP contribution in [-0.2, 0) is 0 Å². The highest BCUT2D eigenvalue weighted by Gasteiger charge is 2.11. The lowest BCUT2D eigenvalue weighted by Gasteiger charge is -2.29. The molecule has 0 aromatic rings. The van der Waals surface area contributed by atoms with E-state index in [1.165, 1.54) is 0 Å². The number of rotatable bonds is 4. The quantitative estimate of drug-likeness (QED) is 0.582. The monoisotopic (exact) mass is 167 g/mol. The Morgan fingerprint density at radius 1 is 1.08 bits per heavy atom. The third-order valence-electron chi connectivity index (χ3n) is 2.00. The van der Waals surface area contributed by atoms with Gasteiger partial charge >= 0.3 is 0 Å². The SMILES string of the molecule is CC#CCCN(C(C)C)C(C)C. The van der Waals surface area contributed by atoms with Gasteiger partial charge in [0, 0.05) is 25.0 Å². The van der Waals surface area contributed by atoms with Crippen molar-refractivity contribution in [2.75, 3.05) is 6.54 Å². The molecule has 0 heterocycles. The van der Waals surface area contributed by atoms with Gasteiger partial charge in [0.05, 0.1) is 0 Å². The zero-order valence-electron chi connectivity index (χ0n) is 9.02. The Bertz CT molecular complexity index is 152. The van der Waals surface area contributed by atoms with E-state index in [2.05, 4.69) is 44.4 Å². The van der Waals surface area contributed by atoms with E-state index in [9.17, 15) is 0 Å². The highest BCUT2D eigenvalue weighted by molar-refractivity contribution is 4.95. The molecule has 0 aromatic carbocycles. The molecule has 70 valence electrons. The normalized spacial score (nSPS) is 10.7. The van der Waals surface area contributed by atoms with E-state index in [0.717, 1.165) is 13.0 Å². The summed E-state index contributed by atoms with van der Waals surface area (Å²) in [5.41, 5.74) is 0. The van der Waals surface area contributed by atoms with Gasteiger partial charge in [-0.3, -0.25) is 4.90 Å². The minimum absolute atomic E-state index is 0.628. The Hall–Kier alpha value is -0.480. The molecule has 0 aliphatic rings. The summed E-state index contributed by atoms with van der Waals surface area (Å²) in [5, 5.41) is 0. The van der Waals surface area contributed by atoms with Crippen LogP contribution >= 0.6 is 0 Å². The van der Waals surface area contributed by atoms with Gasteiger partial charge in [-0.15, -0.1) is 11.8 Å². The maximum absolute atomic E-state index is 3.10. The maximum atomic E-state index is 3.10. The molecule has 0 unspecified atom stereocenters. The number of nitrogens with zero attached hydrogens (tertiary/aromatic N) is 1. The smallest absolute Gasteiger partial charge is 0.0217 e. The highest BCUT2D eigenvalue weighted by Crippen LogP contribution is 2.04. The number of hydrogen-bond donors (Lipinski definition) is 0. The predicted molar refractivity (Wildman–Crippen MR) is 55.0 cm³/mol. The molecule has 0 spiro atoms. The third-order valence-corrected chi connectivity index (χ3v) is 2.00. The minimum atomic E-state index is 0.628. The average molecular weight is 167 g/mol. The second-order valence-electron chi connectivity index (χ2n) is 3.60. The van der Waals surface area contributed by atoms with Crippen molar-refractivity contribution >= 4 is 0 Å². The summed E-state index contributed by atoms with van der Waals surface area (Å²) in [6.07, 6.45) is 0.993. The molecule has 1 nitrogen and oxygen atoms in total. The van der Waals surface area contributed by atoms with Crippen molar-refractivity contribution in [3.05, 3.63) is 0 Å². The summed E-state index contributed by atoms with van der Waals surface area (Å²) in [6, 6.07) is 1.26. The molecular weight excluding hydrogens is 146 g/mol. The summed E-state index contributed by atoms with van der Waals surface area (Å²) in [7, 11) is 0. The summed E-state index contributed by atoms with van der Waals surface area (Å²) >= 11 is 0. The molecule has 12 heavy (non-hydrogen) atoms. The van der Waals surface area contributed by atoms with Crippen LogP contribution < -0.4 is 0 Å². The average Bonchev–Trinajstić information content (AvgIpc) is 1.96. The van der Waals surface area contributed by atoms with Crippen LogP contribution in [0.3, 0.4) is 0 Å². The molecule has 0 aliphatic heterocycles. The molecule has 0 N–H and O–H groups in total. The van der Waals surface area contributed by atoms with Gasteiger partial charge < -0.3 is 0 Å². The molecule has 0 atom stereocenters. The van der Waals surface area contributed by atoms with Crippen molar-refractivity contribution in [3.63, 3.8) is 0 Å². The van der Waals surface area contributed by atoms with Crippen LogP contribution in [0.2, 0.25) is 0 Å². The second kappa shape index (κ2) is 6.08. The van der Waals surface area contributed by atoms with E-state index in [1.807, 2.05) is 6.92 Å². The second-order valence-corrected chi connectivity index (χ2v) is 3.60. The summed E-state index contributed by atoms with van der Waals surface area (Å²) < 4.78 is 0. The predicted octanol–water partition coefficient (Wildman–Crippen LogP) is 2.52. The molecule has 0 fully saturated rings. The van der Waals surface area contributed by atoms with Gasteiger partial charge in [-0.2, -0.15) is 0 Å². The van der Waals surface area contributed by atoms with E-state index in [1.54, 1.807) is 0 Å². The summed E-state index contributed by atoms with van der Waals surface area (Å²) in [4.78, 5) is 2.46. The van der Waals surface area contributed by atoms with E-state index in [4.69, 9.17) is 0 Å². The molecule has 0 amide bonds. The lowest BCUT2D eigenvalue weighted by atomic mass is 10.2. The fourth-order valence-electron chi connectivity index (χ4n) is 1.42. The van der Waals surface area contributed by atoms with Crippen molar-refractivity contribution in [3.8, 4) is 11.8 Å². The van der Waals surface area contributed by atoms with Crippen LogP contribution in [0, 0.1) is 11.8 Å². The highest BCUT2D eigenvalue weighted by atomic mass is 15.2. The van der Waals surface area contributed by atoms with Crippen molar-refractivity contribution in [1.29, 1.82) is 0 Å². The van der Waals surface area contributed by atoms with Gasteiger partial charge in [-0.25, -0.2) is 0 Å². The van der Waals surface area contributed by atoms with E-state index in [-0.39, 0.29) is 0 Å². The van der Waals surface area contributed by atoms with Gasteiger partial charge in [0.2, 0.25) is 0 Å². The summed E-state index contributed by atoms with van der Waals surface area (Å²) in [6.45, 7) is 11.9. The zero-order valence-corrected chi connectivity index (χ0v) is 9.02. The van der Waals surface area contributed by atoms with Gasteiger partial charge in [0.15, 0.2) is 0 Å². The Kier molecular flexibility index (Phi) is 5.84. The van der Waals surface area contributed by atoms with Gasteiger partial charge in [0.25, 0.3) is 0 Å². The lowest BCUT2D eigenvalue weighted by molar-refractivity contribution is 0.179. The molecule has 0 saturated heterocycles. The Morgan fingerprint density at radius 2 is 1.58 bits per heavy atom. The van der Waals surface area contributed by atoms with Crippen LogP contribution in [0.5, 0.6) is 0 Å². The van der Waals surface area contributed by atoms with Crippen molar-refractivity contribution in [1.82, 2.24) is 4.90 Å². The summed E-state index contributed by atoms with van der Waals surface area (Å²) in [5.74, 6) is 6.02. The molecule has 0 rings (SSSR count). The minimum Gasteiger partial charge on any atom is -0.298 e. The van der Waals surface area contributed by atoms with Crippen LogP contribution in [0.15, 0.2) is 0 Å². The largest absolute Gasteiger partial charge is 0.298 e. The molecule has 0 radical (unpaired) electrons. The maximum Gasteiger partial charge on any atom is 0.0217 e. The molecule has 0 aromatic heterocycles. The first-order valence-corrected chi connectivity index (χ1v) is 4.75. The van der Waals surface area contributed by atoms with Crippen LogP contribution in [0.1, 0.15) is 41.0 Å². The van der Waals surface area contributed by atoms with Gasteiger partial charge in [0.1, 0.15) is 0 Å². The van der Waals surface area contributed by atoms with E-state index >= 15 is 0 Å². The Morgan fingerprint density at radius 3 is 1.92 bits per heavy atom. The first-order chi connectivity index (χ1) is 5.59.